The number of nitrogens with two attached hydrogens (primary N) is 1. The monoisotopic (exact) mass is 442 g/mol. The van der Waals surface area contributed by atoms with Crippen LogP contribution >= 0.6 is 11.6 Å². The van der Waals surface area contributed by atoms with E-state index in [-0.39, 0.29) is 10.6 Å². The Balaban J connectivity index is 0.000000612. The van der Waals surface area contributed by atoms with Crippen molar-refractivity contribution in [3.05, 3.63) is 52.0 Å². The largest absolute Gasteiger partial charge is 0.507 e. The second-order valence-corrected chi connectivity index (χ2v) is 7.86. The molecule has 0 aliphatic carbocycles. The van der Waals surface area contributed by atoms with E-state index in [9.17, 15) is 27.9 Å². The van der Waals surface area contributed by atoms with Crippen LogP contribution in [0.4, 0.5) is 5.69 Å². The standard InChI is InChI=1S/C15H15ClN2O4S.C3H4O3/c1-8-4-3-5-9(2)14(8)18-15(20)10-6-13(23(17,21)22)11(16)7-12(10)19;1-2(4)3(5)6/h3-7,19H,1-2H3,(H,18,20)(H2,17,21,22);1H3,(H,5,6). The lowest BCUT2D eigenvalue weighted by atomic mass is 10.1. The van der Waals surface area contributed by atoms with Crippen molar-refractivity contribution in [2.45, 2.75) is 25.7 Å². The minimum absolute atomic E-state index is 0.235. The van der Waals surface area contributed by atoms with Gasteiger partial charge in [-0.1, -0.05) is 29.8 Å². The fraction of sp³-hybridized carbons (Fsp3) is 0.167. The van der Waals surface area contributed by atoms with Crippen LogP contribution in [0.2, 0.25) is 5.02 Å². The van der Waals surface area contributed by atoms with E-state index in [1.807, 2.05) is 32.0 Å². The molecular formula is C18H19ClN2O7S. The SMILES string of the molecule is CC(=O)C(=O)O.Cc1cccc(C)c1NC(=O)c1cc(S(N)(=O)=O)c(Cl)cc1O. The first kappa shape index (κ1) is 24.1. The van der Waals surface area contributed by atoms with Gasteiger partial charge in [-0.05, 0) is 31.0 Å². The Hall–Kier alpha value is -2.95. The third kappa shape index (κ3) is 6.56. The molecule has 0 aliphatic heterocycles. The number of aromatic hydroxyl groups is 1. The molecule has 0 aliphatic rings. The highest BCUT2D eigenvalue weighted by Crippen LogP contribution is 2.30. The lowest BCUT2D eigenvalue weighted by Crippen LogP contribution is -2.17. The van der Waals surface area contributed by atoms with E-state index >= 15 is 0 Å². The van der Waals surface area contributed by atoms with Crippen LogP contribution in [0.3, 0.4) is 0 Å². The minimum Gasteiger partial charge on any atom is -0.507 e. The number of phenolic OH excluding ortho intramolecular Hbond substituents is 1. The van der Waals surface area contributed by atoms with Gasteiger partial charge in [0.1, 0.15) is 10.6 Å². The summed E-state index contributed by atoms with van der Waals surface area (Å²) in [6.45, 7) is 4.64. The maximum Gasteiger partial charge on any atom is 0.371 e. The van der Waals surface area contributed by atoms with Crippen molar-refractivity contribution < 1.29 is 33.0 Å². The zero-order valence-electron chi connectivity index (χ0n) is 15.7. The number of sulfonamides is 1. The first-order valence-electron chi connectivity index (χ1n) is 7.92. The highest BCUT2D eigenvalue weighted by molar-refractivity contribution is 7.89. The molecule has 0 fully saturated rings. The van der Waals surface area contributed by atoms with Crippen molar-refractivity contribution in [3.8, 4) is 5.75 Å². The van der Waals surface area contributed by atoms with E-state index in [0.29, 0.717) is 5.69 Å². The molecule has 0 heterocycles. The van der Waals surface area contributed by atoms with Crippen LogP contribution in [0.25, 0.3) is 0 Å². The Kier molecular flexibility index (Phi) is 7.89. The number of amides is 1. The molecule has 1 amide bonds. The molecule has 0 unspecified atom stereocenters. The van der Waals surface area contributed by atoms with Crippen LogP contribution in [-0.4, -0.2) is 36.3 Å². The summed E-state index contributed by atoms with van der Waals surface area (Å²) in [5.74, 6) is -3.31. The fourth-order valence-electron chi connectivity index (χ4n) is 2.14. The molecule has 0 bridgehead atoms. The number of nitrogens with one attached hydrogen (secondary N) is 1. The summed E-state index contributed by atoms with van der Waals surface area (Å²) in [5.41, 5.74) is 2.02. The lowest BCUT2D eigenvalue weighted by Gasteiger charge is -2.13. The predicted octanol–water partition coefficient (Wildman–Crippen LogP) is 2.22. The smallest absolute Gasteiger partial charge is 0.371 e. The van der Waals surface area contributed by atoms with Gasteiger partial charge in [0.25, 0.3) is 5.91 Å². The van der Waals surface area contributed by atoms with E-state index < -0.39 is 38.3 Å². The number of phenols is 1. The summed E-state index contributed by atoms with van der Waals surface area (Å²) in [6.07, 6.45) is 0. The fourth-order valence-corrected chi connectivity index (χ4v) is 3.23. The van der Waals surface area contributed by atoms with Gasteiger partial charge in [-0.3, -0.25) is 9.59 Å². The molecule has 2 aromatic carbocycles. The first-order valence-corrected chi connectivity index (χ1v) is 9.84. The number of carbonyl (C=O) groups is 3. The van der Waals surface area contributed by atoms with Crippen LogP contribution in [0.1, 0.15) is 28.4 Å². The Labute approximate surface area is 172 Å². The van der Waals surface area contributed by atoms with E-state index in [1.54, 1.807) is 0 Å². The van der Waals surface area contributed by atoms with Gasteiger partial charge in [0.05, 0.1) is 10.6 Å². The van der Waals surface area contributed by atoms with Gasteiger partial charge in [-0.2, -0.15) is 0 Å². The van der Waals surface area contributed by atoms with Gasteiger partial charge in [0.2, 0.25) is 15.8 Å². The molecule has 29 heavy (non-hydrogen) atoms. The van der Waals surface area contributed by atoms with Crippen molar-refractivity contribution in [3.63, 3.8) is 0 Å². The number of aryl methyl sites for hydroxylation is 2. The van der Waals surface area contributed by atoms with Crippen molar-refractivity contribution >= 4 is 45.0 Å². The zero-order valence-corrected chi connectivity index (χ0v) is 17.3. The van der Waals surface area contributed by atoms with Crippen LogP contribution in [0, 0.1) is 13.8 Å². The van der Waals surface area contributed by atoms with E-state index in [0.717, 1.165) is 30.2 Å². The number of para-hydroxylation sites is 1. The van der Waals surface area contributed by atoms with Crippen LogP contribution in [-0.2, 0) is 19.6 Å². The number of hydrogen-bond acceptors (Lipinski definition) is 6. The van der Waals surface area contributed by atoms with Gasteiger partial charge in [0.15, 0.2) is 0 Å². The third-order valence-corrected chi connectivity index (χ3v) is 5.00. The average molecular weight is 443 g/mol. The lowest BCUT2D eigenvalue weighted by molar-refractivity contribution is -0.148. The van der Waals surface area contributed by atoms with Crippen LogP contribution in [0.15, 0.2) is 35.2 Å². The molecule has 11 heteroatoms. The Morgan fingerprint density at radius 2 is 1.59 bits per heavy atom. The quantitative estimate of drug-likeness (QED) is 0.527. The Morgan fingerprint density at radius 1 is 1.10 bits per heavy atom. The second kappa shape index (κ2) is 9.50. The number of Topliss-reactive ketones (excluding diaryl/α,β-unsaturated/α-hetero) is 1. The molecule has 156 valence electrons. The van der Waals surface area contributed by atoms with Gasteiger partial charge < -0.3 is 15.5 Å². The minimum atomic E-state index is -4.12. The van der Waals surface area contributed by atoms with Gasteiger partial charge in [-0.25, -0.2) is 18.4 Å². The third-order valence-electron chi connectivity index (χ3n) is 3.62. The predicted molar refractivity (Wildman–Crippen MR) is 107 cm³/mol. The molecule has 0 saturated carbocycles. The molecule has 0 atom stereocenters. The van der Waals surface area contributed by atoms with Crippen LogP contribution in [0.5, 0.6) is 5.75 Å². The number of carbonyl (C=O) groups excluding carboxylic acids is 2. The number of benzene rings is 2. The number of aliphatic carboxylic acids is 1. The number of carboxylic acid groups (broad SMARTS) is 1. The number of carboxylic acids is 1. The van der Waals surface area contributed by atoms with Crippen molar-refractivity contribution in [2.75, 3.05) is 5.32 Å². The van der Waals surface area contributed by atoms with Crippen molar-refractivity contribution in [1.29, 1.82) is 0 Å². The number of hydrogen-bond donors (Lipinski definition) is 4. The summed E-state index contributed by atoms with van der Waals surface area (Å²) < 4.78 is 23.0. The number of anilines is 1. The molecule has 5 N–H and O–H groups in total. The molecular weight excluding hydrogens is 424 g/mol. The number of primary sulfonamides is 1. The van der Waals surface area contributed by atoms with Gasteiger partial charge in [0, 0.05) is 18.7 Å². The van der Waals surface area contributed by atoms with Crippen molar-refractivity contribution in [2.24, 2.45) is 5.14 Å². The summed E-state index contributed by atoms with van der Waals surface area (Å²) in [7, 11) is -4.12. The van der Waals surface area contributed by atoms with E-state index in [2.05, 4.69) is 5.32 Å². The van der Waals surface area contributed by atoms with E-state index in [1.165, 1.54) is 0 Å². The van der Waals surface area contributed by atoms with Crippen molar-refractivity contribution in [1.82, 2.24) is 0 Å². The molecule has 0 spiro atoms. The van der Waals surface area contributed by atoms with Gasteiger partial charge >= 0.3 is 5.97 Å². The second-order valence-electron chi connectivity index (χ2n) is 5.93. The number of rotatable bonds is 4. The molecule has 0 aromatic heterocycles. The normalized spacial score (nSPS) is 10.5. The Bertz CT molecular complexity index is 1050. The zero-order chi connectivity index (χ0) is 22.5. The van der Waals surface area contributed by atoms with Gasteiger partial charge in [-0.15, -0.1) is 0 Å². The molecule has 0 radical (unpaired) electrons. The Morgan fingerprint density at radius 3 is 2.00 bits per heavy atom. The summed E-state index contributed by atoms with van der Waals surface area (Å²) >= 11 is 5.75. The summed E-state index contributed by atoms with van der Waals surface area (Å²) in [4.78, 5) is 30.8. The highest BCUT2D eigenvalue weighted by Gasteiger charge is 2.21. The van der Waals surface area contributed by atoms with Crippen LogP contribution < -0.4 is 10.5 Å². The first-order chi connectivity index (χ1) is 13.3. The topological polar surface area (TPSA) is 164 Å². The molecule has 0 saturated heterocycles. The molecule has 9 nitrogen and oxygen atoms in total. The average Bonchev–Trinajstić information content (AvgIpc) is 2.57. The van der Waals surface area contributed by atoms with E-state index in [4.69, 9.17) is 21.8 Å². The maximum atomic E-state index is 12.4. The number of ketones is 1. The number of halogens is 1. The highest BCUT2D eigenvalue weighted by atomic mass is 35.5. The molecule has 2 aromatic rings. The maximum absolute atomic E-state index is 12.4. The molecule has 2 rings (SSSR count). The summed E-state index contributed by atoms with van der Waals surface area (Å²) in [6, 6.07) is 7.41. The summed E-state index contributed by atoms with van der Waals surface area (Å²) in [5, 5.41) is 25.0.